The zero-order valence-electron chi connectivity index (χ0n) is 18.5. The molecule has 164 valence electrons. The number of fused-ring (bicyclic) bond motifs is 2. The van der Waals surface area contributed by atoms with Crippen LogP contribution >= 0.6 is 0 Å². The number of aromatic nitrogens is 3. The van der Waals surface area contributed by atoms with Crippen LogP contribution < -0.4 is 9.62 Å². The molecule has 0 saturated heterocycles. The molecule has 0 aliphatic carbocycles. The fraction of sp³-hybridized carbons (Fsp3) is 0.250. The smallest absolute Gasteiger partial charge is 0.279 e. The van der Waals surface area contributed by atoms with Crippen molar-refractivity contribution >= 4 is 32.4 Å². The minimum Gasteiger partial charge on any atom is -0.374 e. The average molecular weight is 448 g/mol. The highest BCUT2D eigenvalue weighted by molar-refractivity contribution is 7.92. The molecule has 0 bridgehead atoms. The number of aryl methyl sites for hydroxylation is 2. The summed E-state index contributed by atoms with van der Waals surface area (Å²) in [5, 5.41) is 0.769. The maximum Gasteiger partial charge on any atom is 0.279 e. The first-order valence-electron chi connectivity index (χ1n) is 10.5. The van der Waals surface area contributed by atoms with Crippen LogP contribution in [0.3, 0.4) is 0 Å². The average Bonchev–Trinajstić information content (AvgIpc) is 3.26. The van der Waals surface area contributed by atoms with Crippen molar-refractivity contribution in [3.05, 3.63) is 65.6 Å². The maximum absolute atomic E-state index is 13.1. The van der Waals surface area contributed by atoms with Gasteiger partial charge in [-0.25, -0.2) is 9.97 Å². The molecule has 4 heterocycles. The van der Waals surface area contributed by atoms with Crippen molar-refractivity contribution in [3.8, 4) is 11.1 Å². The first-order valence-corrected chi connectivity index (χ1v) is 12.0. The SMILES string of the molecule is Cc1ccc(S(=O)(=O)Nc2ccnc3c2c(-c2ccc4c(c2)N(C)CC4)c(C)n3C)nc1. The number of nitrogens with zero attached hydrogens (tertiary/aromatic N) is 4. The molecule has 0 amide bonds. The lowest BCUT2D eigenvalue weighted by molar-refractivity contribution is 0.597. The summed E-state index contributed by atoms with van der Waals surface area (Å²) in [6, 6.07) is 11.4. The van der Waals surface area contributed by atoms with Gasteiger partial charge in [0, 0.05) is 50.0 Å². The van der Waals surface area contributed by atoms with Crippen molar-refractivity contribution in [3.63, 3.8) is 0 Å². The van der Waals surface area contributed by atoms with Gasteiger partial charge in [-0.05, 0) is 55.2 Å². The summed E-state index contributed by atoms with van der Waals surface area (Å²) in [4.78, 5) is 10.9. The first-order chi connectivity index (χ1) is 15.3. The molecular formula is C24H25N5O2S. The molecule has 0 fully saturated rings. The highest BCUT2D eigenvalue weighted by Gasteiger charge is 2.24. The number of hydrogen-bond acceptors (Lipinski definition) is 5. The molecule has 0 radical (unpaired) electrons. The molecule has 0 saturated carbocycles. The third-order valence-corrected chi connectivity index (χ3v) is 7.55. The number of anilines is 2. The highest BCUT2D eigenvalue weighted by atomic mass is 32.2. The lowest BCUT2D eigenvalue weighted by Gasteiger charge is -2.14. The second-order valence-electron chi connectivity index (χ2n) is 8.37. The molecule has 1 aromatic carbocycles. The summed E-state index contributed by atoms with van der Waals surface area (Å²) in [7, 11) is 0.202. The Kier molecular flexibility index (Phi) is 4.70. The summed E-state index contributed by atoms with van der Waals surface area (Å²) >= 11 is 0. The Bertz CT molecular complexity index is 1460. The fourth-order valence-corrected chi connectivity index (χ4v) is 5.41. The van der Waals surface area contributed by atoms with Crippen molar-refractivity contribution in [1.82, 2.24) is 14.5 Å². The van der Waals surface area contributed by atoms with E-state index in [0.717, 1.165) is 46.4 Å². The van der Waals surface area contributed by atoms with Crippen molar-refractivity contribution in [1.29, 1.82) is 0 Å². The largest absolute Gasteiger partial charge is 0.374 e. The molecule has 32 heavy (non-hydrogen) atoms. The van der Waals surface area contributed by atoms with Crippen LogP contribution in [0.2, 0.25) is 0 Å². The predicted octanol–water partition coefficient (Wildman–Crippen LogP) is 4.05. The Hall–Kier alpha value is -3.39. The summed E-state index contributed by atoms with van der Waals surface area (Å²) in [6.45, 7) is 4.91. The molecule has 1 N–H and O–H groups in total. The van der Waals surface area contributed by atoms with Gasteiger partial charge in [-0.1, -0.05) is 18.2 Å². The van der Waals surface area contributed by atoms with Crippen LogP contribution in [0, 0.1) is 13.8 Å². The van der Waals surface area contributed by atoms with E-state index in [1.165, 1.54) is 17.3 Å². The molecule has 4 aromatic rings. The van der Waals surface area contributed by atoms with Gasteiger partial charge in [-0.15, -0.1) is 0 Å². The third kappa shape index (κ3) is 3.22. The van der Waals surface area contributed by atoms with Gasteiger partial charge in [0.25, 0.3) is 10.0 Å². The van der Waals surface area contributed by atoms with E-state index in [1.54, 1.807) is 24.5 Å². The Morgan fingerprint density at radius 2 is 1.84 bits per heavy atom. The first kappa shape index (κ1) is 20.5. The van der Waals surface area contributed by atoms with Gasteiger partial charge in [-0.2, -0.15) is 8.42 Å². The number of likely N-dealkylation sites (N-methyl/N-ethyl adjacent to an activating group) is 1. The molecule has 8 heteroatoms. The molecule has 3 aromatic heterocycles. The van der Waals surface area contributed by atoms with Gasteiger partial charge >= 0.3 is 0 Å². The van der Waals surface area contributed by atoms with Crippen LogP contribution in [0.4, 0.5) is 11.4 Å². The molecule has 0 unspecified atom stereocenters. The Balaban J connectivity index is 1.69. The van der Waals surface area contributed by atoms with Gasteiger partial charge < -0.3 is 9.47 Å². The van der Waals surface area contributed by atoms with E-state index in [2.05, 4.69) is 44.8 Å². The number of pyridine rings is 2. The van der Waals surface area contributed by atoms with Gasteiger partial charge in [-0.3, -0.25) is 4.72 Å². The van der Waals surface area contributed by atoms with Gasteiger partial charge in [0.05, 0.1) is 11.1 Å². The van der Waals surface area contributed by atoms with E-state index in [-0.39, 0.29) is 5.03 Å². The molecule has 5 rings (SSSR count). The van der Waals surface area contributed by atoms with E-state index in [0.29, 0.717) is 5.69 Å². The van der Waals surface area contributed by atoms with Gasteiger partial charge in [0.1, 0.15) is 5.65 Å². The second kappa shape index (κ2) is 7.34. The van der Waals surface area contributed by atoms with Gasteiger partial charge in [0.2, 0.25) is 0 Å². The standard InChI is InChI=1S/C24H25N5O2S/c1-15-5-8-21(26-14-15)32(30,31)27-19-9-11-25-24-23(19)22(16(2)29(24)4)18-7-6-17-10-12-28(3)20(17)13-18/h5-9,11,13-14H,10,12H2,1-4H3,(H,25,27). The maximum atomic E-state index is 13.1. The molecular weight excluding hydrogens is 422 g/mol. The van der Waals surface area contributed by atoms with Crippen LogP contribution in [0.15, 0.2) is 53.8 Å². The quantitative estimate of drug-likeness (QED) is 0.511. The molecule has 1 aliphatic heterocycles. The Morgan fingerprint density at radius 3 is 2.59 bits per heavy atom. The lowest BCUT2D eigenvalue weighted by atomic mass is 9.99. The van der Waals surface area contributed by atoms with E-state index in [1.807, 2.05) is 25.5 Å². The van der Waals surface area contributed by atoms with Crippen LogP contribution in [-0.4, -0.2) is 36.5 Å². The van der Waals surface area contributed by atoms with Crippen molar-refractivity contribution < 1.29 is 8.42 Å². The topological polar surface area (TPSA) is 80.1 Å². The minimum absolute atomic E-state index is 0.0126. The highest BCUT2D eigenvalue weighted by Crippen LogP contribution is 2.40. The summed E-state index contributed by atoms with van der Waals surface area (Å²) in [5.74, 6) is 0. The zero-order chi connectivity index (χ0) is 22.6. The molecule has 0 atom stereocenters. The van der Waals surface area contributed by atoms with Crippen LogP contribution in [0.25, 0.3) is 22.2 Å². The molecule has 7 nitrogen and oxygen atoms in total. The number of sulfonamides is 1. The van der Waals surface area contributed by atoms with Crippen molar-refractivity contribution in [2.45, 2.75) is 25.3 Å². The predicted molar refractivity (Wildman–Crippen MR) is 128 cm³/mol. The van der Waals surface area contributed by atoms with Crippen molar-refractivity contribution in [2.24, 2.45) is 7.05 Å². The number of rotatable bonds is 4. The van der Waals surface area contributed by atoms with Crippen molar-refractivity contribution in [2.75, 3.05) is 23.2 Å². The zero-order valence-corrected chi connectivity index (χ0v) is 19.4. The third-order valence-electron chi connectivity index (χ3n) is 6.27. The van der Waals surface area contributed by atoms with Gasteiger partial charge in [0.15, 0.2) is 5.03 Å². The lowest BCUT2D eigenvalue weighted by Crippen LogP contribution is -2.15. The Labute approximate surface area is 187 Å². The monoisotopic (exact) mass is 447 g/mol. The number of benzene rings is 1. The summed E-state index contributed by atoms with van der Waals surface area (Å²) in [5.41, 5.74) is 7.71. The van der Waals surface area contributed by atoms with E-state index >= 15 is 0 Å². The number of nitrogens with one attached hydrogen (secondary N) is 1. The van der Waals surface area contributed by atoms with E-state index in [4.69, 9.17) is 0 Å². The summed E-state index contributed by atoms with van der Waals surface area (Å²) < 4.78 is 30.9. The summed E-state index contributed by atoms with van der Waals surface area (Å²) in [6.07, 6.45) is 4.22. The number of hydrogen-bond donors (Lipinski definition) is 1. The minimum atomic E-state index is -3.85. The molecule has 0 spiro atoms. The normalized spacial score (nSPS) is 13.6. The van der Waals surface area contributed by atoms with Crippen LogP contribution in [0.1, 0.15) is 16.8 Å². The van der Waals surface area contributed by atoms with E-state index < -0.39 is 10.0 Å². The second-order valence-corrected chi connectivity index (χ2v) is 10.0. The Morgan fingerprint density at radius 1 is 1.03 bits per heavy atom. The van der Waals surface area contributed by atoms with E-state index in [9.17, 15) is 8.42 Å². The molecule has 1 aliphatic rings. The van der Waals surface area contributed by atoms with Crippen LogP contribution in [-0.2, 0) is 23.5 Å². The van der Waals surface area contributed by atoms with Crippen LogP contribution in [0.5, 0.6) is 0 Å². The fourth-order valence-electron chi connectivity index (χ4n) is 4.40.